The average molecular weight is 332 g/mol. The van der Waals surface area contributed by atoms with Crippen molar-refractivity contribution in [2.45, 2.75) is 31.9 Å². The zero-order chi connectivity index (χ0) is 17.0. The highest BCUT2D eigenvalue weighted by Crippen LogP contribution is 2.29. The second kappa shape index (κ2) is 7.18. The van der Waals surface area contributed by atoms with Crippen molar-refractivity contribution >= 4 is 6.03 Å². The molecule has 5 nitrogen and oxygen atoms in total. The van der Waals surface area contributed by atoms with Crippen LogP contribution >= 0.6 is 0 Å². The number of aliphatic hydroxyl groups excluding tert-OH is 1. The summed E-state index contributed by atoms with van der Waals surface area (Å²) in [4.78, 5) is 13.1. The Bertz CT molecular complexity index is 543. The number of rotatable bonds is 5. The molecule has 8 heteroatoms. The van der Waals surface area contributed by atoms with Crippen molar-refractivity contribution in [1.82, 2.24) is 10.2 Å². The summed E-state index contributed by atoms with van der Waals surface area (Å²) in [6.07, 6.45) is -5.18. The van der Waals surface area contributed by atoms with Crippen molar-refractivity contribution in [1.29, 1.82) is 0 Å². The smallest absolute Gasteiger partial charge is 0.392 e. The Balaban J connectivity index is 1.74. The lowest BCUT2D eigenvalue weighted by atomic mass is 10.1. The van der Waals surface area contributed by atoms with Gasteiger partial charge in [0.1, 0.15) is 0 Å². The van der Waals surface area contributed by atoms with Crippen LogP contribution in [-0.4, -0.2) is 47.9 Å². The fourth-order valence-corrected chi connectivity index (χ4v) is 2.11. The maximum atomic E-state index is 12.6. The van der Waals surface area contributed by atoms with Gasteiger partial charge in [-0.1, -0.05) is 12.1 Å². The van der Waals surface area contributed by atoms with Gasteiger partial charge in [0.25, 0.3) is 0 Å². The second-order valence-electron chi connectivity index (χ2n) is 5.57. The van der Waals surface area contributed by atoms with Gasteiger partial charge < -0.3 is 20.1 Å². The fraction of sp³-hybridized carbons (Fsp3) is 0.533. The molecule has 2 rings (SSSR count). The molecular formula is C15H19F3N2O3. The maximum absolute atomic E-state index is 12.6. The number of ether oxygens (including phenoxy) is 1. The molecule has 1 saturated heterocycles. The molecule has 0 bridgehead atoms. The first-order valence-electron chi connectivity index (χ1n) is 7.24. The molecule has 0 saturated carbocycles. The Hall–Kier alpha value is -1.80. The number of carbonyl (C=O) groups is 1. The van der Waals surface area contributed by atoms with E-state index in [0.717, 1.165) is 12.1 Å². The number of alkyl halides is 3. The quantitative estimate of drug-likeness (QED) is 0.867. The molecule has 0 radical (unpaired) electrons. The number of aliphatic hydroxyl groups is 1. The molecule has 1 aliphatic rings. The molecule has 0 aliphatic carbocycles. The molecule has 1 aliphatic heterocycles. The van der Waals surface area contributed by atoms with Gasteiger partial charge in [0.15, 0.2) is 0 Å². The number of hydrogen-bond acceptors (Lipinski definition) is 3. The van der Waals surface area contributed by atoms with Crippen LogP contribution in [0.4, 0.5) is 18.0 Å². The van der Waals surface area contributed by atoms with Crippen LogP contribution < -0.4 is 5.32 Å². The first-order valence-corrected chi connectivity index (χ1v) is 7.24. The number of benzene rings is 1. The third-order valence-electron chi connectivity index (χ3n) is 3.42. The first-order chi connectivity index (χ1) is 10.8. The summed E-state index contributed by atoms with van der Waals surface area (Å²) >= 11 is 0. The monoisotopic (exact) mass is 332 g/mol. The zero-order valence-corrected chi connectivity index (χ0v) is 12.6. The molecule has 2 amide bonds. The third kappa shape index (κ3) is 5.11. The molecule has 1 atom stereocenters. The van der Waals surface area contributed by atoms with Crippen LogP contribution in [0.5, 0.6) is 0 Å². The minimum Gasteiger partial charge on any atom is -0.392 e. The zero-order valence-electron chi connectivity index (χ0n) is 12.6. The van der Waals surface area contributed by atoms with Gasteiger partial charge in [0.05, 0.1) is 37.5 Å². The van der Waals surface area contributed by atoms with Crippen molar-refractivity contribution in [2.24, 2.45) is 0 Å². The topological polar surface area (TPSA) is 61.8 Å². The molecule has 0 unspecified atom stereocenters. The van der Waals surface area contributed by atoms with E-state index < -0.39 is 17.8 Å². The molecular weight excluding hydrogens is 313 g/mol. The van der Waals surface area contributed by atoms with E-state index in [1.165, 1.54) is 11.0 Å². The largest absolute Gasteiger partial charge is 0.416 e. The molecule has 2 N–H and O–H groups in total. The summed E-state index contributed by atoms with van der Waals surface area (Å²) in [5.41, 5.74) is -0.261. The van der Waals surface area contributed by atoms with E-state index in [0.29, 0.717) is 18.7 Å². The summed E-state index contributed by atoms with van der Waals surface area (Å²) in [7, 11) is 0. The van der Waals surface area contributed by atoms with Crippen LogP contribution in [0.15, 0.2) is 24.3 Å². The van der Waals surface area contributed by atoms with E-state index in [1.807, 2.05) is 0 Å². The van der Waals surface area contributed by atoms with E-state index in [2.05, 4.69) is 5.32 Å². The lowest BCUT2D eigenvalue weighted by molar-refractivity contribution is -0.137. The standard InChI is InChI=1S/C15H19F3N2O3/c1-10(21)6-19-14(22)20-7-13(8-20)23-9-11-3-2-4-12(5-11)15(16,17)18/h2-5,10,13,21H,6-9H2,1H3,(H,19,22)/t10-/m1/s1. The predicted octanol–water partition coefficient (Wildman–Crippen LogP) is 2.00. The van der Waals surface area contributed by atoms with Gasteiger partial charge in [-0.3, -0.25) is 0 Å². The van der Waals surface area contributed by atoms with Crippen LogP contribution in [0.3, 0.4) is 0 Å². The molecule has 0 spiro atoms. The van der Waals surface area contributed by atoms with E-state index in [9.17, 15) is 18.0 Å². The van der Waals surface area contributed by atoms with E-state index >= 15 is 0 Å². The van der Waals surface area contributed by atoms with Crippen molar-refractivity contribution in [3.05, 3.63) is 35.4 Å². The van der Waals surface area contributed by atoms with Gasteiger partial charge in [-0.15, -0.1) is 0 Å². The van der Waals surface area contributed by atoms with Gasteiger partial charge in [0.2, 0.25) is 0 Å². The molecule has 1 aromatic rings. The van der Waals surface area contributed by atoms with Crippen molar-refractivity contribution in [3.63, 3.8) is 0 Å². The summed E-state index contributed by atoms with van der Waals surface area (Å²) in [6.45, 7) is 2.56. The molecule has 0 aromatic heterocycles. The van der Waals surface area contributed by atoms with E-state index in [1.54, 1.807) is 13.0 Å². The van der Waals surface area contributed by atoms with Crippen LogP contribution in [0.1, 0.15) is 18.1 Å². The Morgan fingerprint density at radius 1 is 1.48 bits per heavy atom. The van der Waals surface area contributed by atoms with Crippen molar-refractivity contribution in [3.8, 4) is 0 Å². The fourth-order valence-electron chi connectivity index (χ4n) is 2.11. The Morgan fingerprint density at radius 3 is 2.78 bits per heavy atom. The lowest BCUT2D eigenvalue weighted by Crippen LogP contribution is -2.58. The number of hydrogen-bond donors (Lipinski definition) is 2. The number of nitrogens with zero attached hydrogens (tertiary/aromatic N) is 1. The van der Waals surface area contributed by atoms with Gasteiger partial charge in [-0.05, 0) is 24.6 Å². The molecule has 1 heterocycles. The molecule has 128 valence electrons. The number of carbonyl (C=O) groups excluding carboxylic acids is 1. The number of nitrogens with one attached hydrogen (secondary N) is 1. The second-order valence-corrected chi connectivity index (χ2v) is 5.57. The van der Waals surface area contributed by atoms with Gasteiger partial charge in [-0.25, -0.2) is 4.79 Å². The normalized spacial score (nSPS) is 16.8. The predicted molar refractivity (Wildman–Crippen MR) is 76.7 cm³/mol. The highest BCUT2D eigenvalue weighted by Gasteiger charge is 2.32. The maximum Gasteiger partial charge on any atom is 0.416 e. The number of likely N-dealkylation sites (tertiary alicyclic amines) is 1. The van der Waals surface area contributed by atoms with Crippen LogP contribution in [0.2, 0.25) is 0 Å². The molecule has 1 aromatic carbocycles. The highest BCUT2D eigenvalue weighted by atomic mass is 19.4. The summed E-state index contributed by atoms with van der Waals surface area (Å²) in [6, 6.07) is 4.70. The van der Waals surface area contributed by atoms with Crippen LogP contribution in [0.25, 0.3) is 0 Å². The van der Waals surface area contributed by atoms with Crippen LogP contribution in [-0.2, 0) is 17.5 Å². The third-order valence-corrected chi connectivity index (χ3v) is 3.42. The lowest BCUT2D eigenvalue weighted by Gasteiger charge is -2.38. The molecule has 1 fully saturated rings. The van der Waals surface area contributed by atoms with Gasteiger partial charge in [-0.2, -0.15) is 13.2 Å². The summed E-state index contributed by atoms with van der Waals surface area (Å²) in [5.74, 6) is 0. The average Bonchev–Trinajstić information content (AvgIpc) is 2.42. The number of urea groups is 1. The number of halogens is 3. The SMILES string of the molecule is C[C@@H](O)CNC(=O)N1CC(OCc2cccc(C(F)(F)F)c2)C1. The summed E-state index contributed by atoms with van der Waals surface area (Å²) in [5, 5.41) is 11.6. The minimum atomic E-state index is -4.37. The van der Waals surface area contributed by atoms with Gasteiger partial charge in [0, 0.05) is 6.54 Å². The first kappa shape index (κ1) is 17.6. The van der Waals surface area contributed by atoms with Crippen LogP contribution in [0, 0.1) is 0 Å². The molecule has 23 heavy (non-hydrogen) atoms. The highest BCUT2D eigenvalue weighted by molar-refractivity contribution is 5.75. The Labute approximate surface area is 132 Å². The van der Waals surface area contributed by atoms with E-state index in [-0.39, 0.29) is 25.3 Å². The summed E-state index contributed by atoms with van der Waals surface area (Å²) < 4.78 is 43.3. The number of amides is 2. The Kier molecular flexibility index (Phi) is 5.48. The van der Waals surface area contributed by atoms with Gasteiger partial charge >= 0.3 is 12.2 Å². The van der Waals surface area contributed by atoms with Crippen molar-refractivity contribution < 1.29 is 27.8 Å². The van der Waals surface area contributed by atoms with Crippen molar-refractivity contribution in [2.75, 3.05) is 19.6 Å². The van der Waals surface area contributed by atoms with E-state index in [4.69, 9.17) is 9.84 Å². The minimum absolute atomic E-state index is 0.0672. The Morgan fingerprint density at radius 2 is 2.17 bits per heavy atom.